The average Bonchev–Trinajstić information content (AvgIpc) is 2.67. The van der Waals surface area contributed by atoms with Gasteiger partial charge >= 0.3 is 5.97 Å². The van der Waals surface area contributed by atoms with Crippen LogP contribution in [0.1, 0.15) is 16.8 Å². The van der Waals surface area contributed by atoms with Gasteiger partial charge in [0.1, 0.15) is 0 Å². The molecule has 0 amide bonds. The van der Waals surface area contributed by atoms with Crippen LogP contribution in [0.2, 0.25) is 0 Å². The van der Waals surface area contributed by atoms with Crippen LogP contribution in [0.15, 0.2) is 27.6 Å². The van der Waals surface area contributed by atoms with Crippen molar-refractivity contribution in [2.45, 2.75) is 17.4 Å². The van der Waals surface area contributed by atoms with E-state index >= 15 is 0 Å². The summed E-state index contributed by atoms with van der Waals surface area (Å²) in [7, 11) is -7.22. The molecule has 1 saturated heterocycles. The van der Waals surface area contributed by atoms with Crippen LogP contribution in [0.5, 0.6) is 0 Å². The van der Waals surface area contributed by atoms with Crippen LogP contribution in [0.4, 0.5) is 0 Å². The minimum Gasteiger partial charge on any atom is -0.478 e. The molecule has 10 heteroatoms. The van der Waals surface area contributed by atoms with Gasteiger partial charge in [-0.2, -0.15) is 0 Å². The summed E-state index contributed by atoms with van der Waals surface area (Å²) in [5.41, 5.74) is -0.169. The van der Waals surface area contributed by atoms with Crippen molar-refractivity contribution >= 4 is 41.8 Å². The lowest BCUT2D eigenvalue weighted by Crippen LogP contribution is -2.35. The summed E-state index contributed by atoms with van der Waals surface area (Å²) in [6, 6.07) is 2.92. The van der Waals surface area contributed by atoms with Crippen LogP contribution < -0.4 is 4.72 Å². The Bertz CT molecular complexity index is 787. The zero-order chi connectivity index (χ0) is 15.8. The first-order chi connectivity index (χ1) is 9.61. The number of carboxylic acids is 1. The Morgan fingerprint density at radius 2 is 2.05 bits per heavy atom. The molecule has 1 fully saturated rings. The molecule has 7 nitrogen and oxygen atoms in total. The van der Waals surface area contributed by atoms with E-state index < -0.39 is 31.9 Å². The maximum absolute atomic E-state index is 12.3. The normalized spacial score (nSPS) is 21.3. The molecule has 0 aromatic heterocycles. The predicted octanol–water partition coefficient (Wildman–Crippen LogP) is 0.613. The van der Waals surface area contributed by atoms with Gasteiger partial charge in [0.15, 0.2) is 9.84 Å². The smallest absolute Gasteiger partial charge is 0.335 e. The van der Waals surface area contributed by atoms with Crippen molar-refractivity contribution in [1.82, 2.24) is 4.72 Å². The van der Waals surface area contributed by atoms with E-state index in [1.165, 1.54) is 12.1 Å². The highest BCUT2D eigenvalue weighted by atomic mass is 79.9. The van der Waals surface area contributed by atoms with Gasteiger partial charge in [-0.3, -0.25) is 0 Å². The Kier molecular flexibility index (Phi) is 4.43. The third-order valence-corrected chi connectivity index (χ3v) is 7.30. The maximum atomic E-state index is 12.3. The van der Waals surface area contributed by atoms with E-state index in [-0.39, 0.29) is 32.9 Å². The fourth-order valence-electron chi connectivity index (χ4n) is 2.01. The number of sulfonamides is 1. The number of aromatic carboxylic acids is 1. The molecule has 2 rings (SSSR count). The SMILES string of the molecule is O=C(O)c1ccc(Br)c(S(=O)(=O)NC2CCS(=O)(=O)C2)c1. The van der Waals surface area contributed by atoms with Crippen molar-refractivity contribution in [3.8, 4) is 0 Å². The largest absolute Gasteiger partial charge is 0.478 e. The van der Waals surface area contributed by atoms with Crippen LogP contribution in [0.25, 0.3) is 0 Å². The van der Waals surface area contributed by atoms with Gasteiger partial charge in [-0.05, 0) is 40.5 Å². The molecule has 1 aromatic rings. The molecule has 1 aliphatic heterocycles. The molecule has 0 aliphatic carbocycles. The number of rotatable bonds is 4. The minimum atomic E-state index is -4.01. The molecule has 0 spiro atoms. The van der Waals surface area contributed by atoms with Crippen molar-refractivity contribution in [3.05, 3.63) is 28.2 Å². The lowest BCUT2D eigenvalue weighted by Gasteiger charge is -2.13. The molecule has 1 aliphatic rings. The van der Waals surface area contributed by atoms with Crippen molar-refractivity contribution < 1.29 is 26.7 Å². The highest BCUT2D eigenvalue weighted by Crippen LogP contribution is 2.24. The molecule has 1 atom stereocenters. The van der Waals surface area contributed by atoms with E-state index in [4.69, 9.17) is 5.11 Å². The fourth-order valence-corrected chi connectivity index (χ4v) is 6.05. The van der Waals surface area contributed by atoms with E-state index in [0.717, 1.165) is 6.07 Å². The summed E-state index contributed by atoms with van der Waals surface area (Å²) in [5.74, 6) is -1.55. The van der Waals surface area contributed by atoms with Crippen LogP contribution >= 0.6 is 15.9 Å². The quantitative estimate of drug-likeness (QED) is 0.768. The van der Waals surface area contributed by atoms with Gasteiger partial charge in [0.2, 0.25) is 10.0 Å². The van der Waals surface area contributed by atoms with Crippen LogP contribution in [-0.2, 0) is 19.9 Å². The molecular weight excluding hydrogens is 386 g/mol. The second-order valence-corrected chi connectivity index (χ2v) is 9.44. The number of carboxylic acid groups (broad SMARTS) is 1. The van der Waals surface area contributed by atoms with Crippen LogP contribution in [-0.4, -0.2) is 45.5 Å². The van der Waals surface area contributed by atoms with Gasteiger partial charge in [0.05, 0.1) is 22.0 Å². The molecule has 0 bridgehead atoms. The van der Waals surface area contributed by atoms with Gasteiger partial charge in [-0.1, -0.05) is 0 Å². The molecule has 21 heavy (non-hydrogen) atoms. The minimum absolute atomic E-state index is 0.0590. The molecular formula is C11H12BrNO6S2. The molecule has 1 aromatic carbocycles. The molecule has 1 unspecified atom stereocenters. The maximum Gasteiger partial charge on any atom is 0.335 e. The first-order valence-corrected chi connectivity index (χ1v) is 9.96. The second-order valence-electron chi connectivity index (χ2n) is 4.67. The standard InChI is InChI=1S/C11H12BrNO6S2/c12-9-2-1-7(11(14)15)5-10(9)21(18,19)13-8-3-4-20(16,17)6-8/h1-2,5,8,13H,3-4,6H2,(H,14,15). The number of hydrogen-bond acceptors (Lipinski definition) is 5. The van der Waals surface area contributed by atoms with E-state index in [9.17, 15) is 21.6 Å². The van der Waals surface area contributed by atoms with E-state index in [2.05, 4.69) is 20.7 Å². The fraction of sp³-hybridized carbons (Fsp3) is 0.364. The lowest BCUT2D eigenvalue weighted by molar-refractivity contribution is 0.0696. The summed E-state index contributed by atoms with van der Waals surface area (Å²) < 4.78 is 49.7. The monoisotopic (exact) mass is 397 g/mol. The van der Waals surface area contributed by atoms with Crippen molar-refractivity contribution in [2.24, 2.45) is 0 Å². The summed E-state index contributed by atoms with van der Waals surface area (Å²) >= 11 is 3.06. The highest BCUT2D eigenvalue weighted by molar-refractivity contribution is 9.10. The Labute approximate surface area is 130 Å². The Morgan fingerprint density at radius 1 is 1.38 bits per heavy atom. The van der Waals surface area contributed by atoms with E-state index in [1.807, 2.05) is 0 Å². The molecule has 0 radical (unpaired) electrons. The van der Waals surface area contributed by atoms with Gasteiger partial charge in [0, 0.05) is 10.5 Å². The number of nitrogens with one attached hydrogen (secondary N) is 1. The third kappa shape index (κ3) is 3.82. The summed E-state index contributed by atoms with van der Waals surface area (Å²) in [4.78, 5) is 10.7. The topological polar surface area (TPSA) is 118 Å². The number of sulfone groups is 1. The summed E-state index contributed by atoms with van der Waals surface area (Å²) in [5, 5.41) is 8.91. The Morgan fingerprint density at radius 3 is 2.57 bits per heavy atom. The van der Waals surface area contributed by atoms with Gasteiger partial charge in [0.25, 0.3) is 0 Å². The van der Waals surface area contributed by atoms with E-state index in [0.29, 0.717) is 0 Å². The summed E-state index contributed by atoms with van der Waals surface area (Å²) in [6.07, 6.45) is 0.206. The molecule has 116 valence electrons. The van der Waals surface area contributed by atoms with Gasteiger partial charge in [-0.25, -0.2) is 26.4 Å². The first-order valence-electron chi connectivity index (χ1n) is 5.86. The van der Waals surface area contributed by atoms with Gasteiger partial charge in [-0.15, -0.1) is 0 Å². The molecule has 2 N–H and O–H groups in total. The van der Waals surface area contributed by atoms with Crippen molar-refractivity contribution in [3.63, 3.8) is 0 Å². The average molecular weight is 398 g/mol. The highest BCUT2D eigenvalue weighted by Gasteiger charge is 2.32. The number of benzene rings is 1. The lowest BCUT2D eigenvalue weighted by atomic mass is 10.2. The summed E-state index contributed by atoms with van der Waals surface area (Å²) in [6.45, 7) is 0. The zero-order valence-corrected chi connectivity index (χ0v) is 13.8. The first kappa shape index (κ1) is 16.4. The Hall–Kier alpha value is -0.970. The third-order valence-electron chi connectivity index (χ3n) is 3.02. The number of halogens is 1. The predicted molar refractivity (Wildman–Crippen MR) is 78.5 cm³/mol. The zero-order valence-electron chi connectivity index (χ0n) is 10.6. The number of carbonyl (C=O) groups is 1. The van der Waals surface area contributed by atoms with Gasteiger partial charge < -0.3 is 5.11 Å². The van der Waals surface area contributed by atoms with Crippen LogP contribution in [0.3, 0.4) is 0 Å². The number of hydrogen-bond donors (Lipinski definition) is 2. The second kappa shape index (κ2) is 5.67. The Balaban J connectivity index is 2.32. The van der Waals surface area contributed by atoms with E-state index in [1.54, 1.807) is 0 Å². The molecule has 1 heterocycles. The van der Waals surface area contributed by atoms with Crippen LogP contribution in [0, 0.1) is 0 Å². The molecule has 0 saturated carbocycles. The van der Waals surface area contributed by atoms with Crippen molar-refractivity contribution in [1.29, 1.82) is 0 Å². The van der Waals surface area contributed by atoms with Crippen molar-refractivity contribution in [2.75, 3.05) is 11.5 Å².